The minimum atomic E-state index is -1.59. The van der Waals surface area contributed by atoms with Crippen LogP contribution in [0.4, 0.5) is 0 Å². The van der Waals surface area contributed by atoms with Gasteiger partial charge in [-0.25, -0.2) is 0 Å². The van der Waals surface area contributed by atoms with Gasteiger partial charge in [0, 0.05) is 6.42 Å². The molecule has 52 heavy (non-hydrogen) atoms. The molecular formula is C43H71NO8. The number of unbranched alkanes of at least 4 members (excludes halogenated alkanes) is 8. The molecule has 1 saturated heterocycles. The standard InChI is InChI=1S/C43H71NO8/c1-3-5-7-9-11-13-15-17-18-19-21-22-24-26-28-30-32-37(46)36(35-51-43-42(50)41(49)40(48)38(34-45)52-43)44-39(47)33-31-29-27-25-23-20-16-14-12-10-8-6-4-2/h6,8,12,14,17-18,20,22-24,27,29-30,32,36-38,40-43,45-46,48-50H,3-5,7,9-11,13,15-16,19,21,25-26,28,31,33-35H2,1-2H3,(H,44,47)/b8-6-,14-12-,18-17+,23-20-,24-22+,29-27-,32-30+. The van der Waals surface area contributed by atoms with Gasteiger partial charge in [-0.05, 0) is 70.6 Å². The highest BCUT2D eigenvalue weighted by Crippen LogP contribution is 2.22. The normalized spacial score (nSPS) is 22.8. The highest BCUT2D eigenvalue weighted by atomic mass is 16.7. The Hall–Kier alpha value is -2.63. The second-order valence-corrected chi connectivity index (χ2v) is 13.3. The van der Waals surface area contributed by atoms with Gasteiger partial charge in [0.1, 0.15) is 24.4 Å². The lowest BCUT2D eigenvalue weighted by atomic mass is 9.99. The first-order valence-electron chi connectivity index (χ1n) is 19.8. The van der Waals surface area contributed by atoms with E-state index in [2.05, 4.69) is 79.9 Å². The molecule has 9 heteroatoms. The van der Waals surface area contributed by atoms with Crippen LogP contribution in [0.25, 0.3) is 0 Å². The number of allylic oxidation sites excluding steroid dienone is 13. The first-order chi connectivity index (χ1) is 25.3. The molecule has 0 aromatic carbocycles. The van der Waals surface area contributed by atoms with Gasteiger partial charge < -0.3 is 40.3 Å². The number of carbonyl (C=O) groups is 1. The summed E-state index contributed by atoms with van der Waals surface area (Å²) in [5, 5.41) is 53.8. The molecule has 0 aromatic rings. The van der Waals surface area contributed by atoms with Crippen molar-refractivity contribution < 1.29 is 39.8 Å². The van der Waals surface area contributed by atoms with E-state index >= 15 is 0 Å². The van der Waals surface area contributed by atoms with Gasteiger partial charge in [0.05, 0.1) is 25.4 Å². The zero-order valence-electron chi connectivity index (χ0n) is 32.0. The molecule has 0 spiro atoms. The van der Waals surface area contributed by atoms with E-state index in [1.807, 2.05) is 18.2 Å². The predicted octanol–water partition coefficient (Wildman–Crippen LogP) is 7.21. The molecule has 7 unspecified atom stereocenters. The van der Waals surface area contributed by atoms with Crippen molar-refractivity contribution in [3.05, 3.63) is 85.1 Å². The largest absolute Gasteiger partial charge is 0.394 e. The third-order valence-electron chi connectivity index (χ3n) is 8.70. The van der Waals surface area contributed by atoms with Crippen LogP contribution in [0.5, 0.6) is 0 Å². The van der Waals surface area contributed by atoms with Gasteiger partial charge in [0.2, 0.25) is 5.91 Å². The number of aliphatic hydroxyl groups excluding tert-OH is 5. The van der Waals surface area contributed by atoms with E-state index in [4.69, 9.17) is 9.47 Å². The summed E-state index contributed by atoms with van der Waals surface area (Å²) in [4.78, 5) is 12.8. The fraction of sp³-hybridized carbons (Fsp3) is 0.651. The van der Waals surface area contributed by atoms with Crippen LogP contribution in [0.2, 0.25) is 0 Å². The maximum atomic E-state index is 12.8. The summed E-state index contributed by atoms with van der Waals surface area (Å²) in [6, 6.07) is -0.868. The Morgan fingerprint density at radius 1 is 0.673 bits per heavy atom. The van der Waals surface area contributed by atoms with Gasteiger partial charge in [-0.2, -0.15) is 0 Å². The highest BCUT2D eigenvalue weighted by Gasteiger charge is 2.44. The van der Waals surface area contributed by atoms with Crippen LogP contribution in [0.15, 0.2) is 85.1 Å². The van der Waals surface area contributed by atoms with Gasteiger partial charge in [0.15, 0.2) is 6.29 Å². The lowest BCUT2D eigenvalue weighted by molar-refractivity contribution is -0.302. The molecule has 0 bridgehead atoms. The Morgan fingerprint density at radius 3 is 1.83 bits per heavy atom. The van der Waals surface area contributed by atoms with Crippen LogP contribution < -0.4 is 5.32 Å². The summed E-state index contributed by atoms with van der Waals surface area (Å²) >= 11 is 0. The molecule has 0 radical (unpaired) electrons. The van der Waals surface area contributed by atoms with Crippen LogP contribution in [0.1, 0.15) is 123 Å². The molecule has 7 atom stereocenters. The maximum absolute atomic E-state index is 12.8. The van der Waals surface area contributed by atoms with E-state index in [0.29, 0.717) is 12.8 Å². The molecule has 1 aliphatic rings. The SMILES string of the molecule is CC/C=C\C/C=C\C/C=C\C/C=C\CCC(=O)NC(COC1OC(CO)C(O)C(O)C1O)C(O)/C=C/CC/C=C/CC/C=C/CCCCCCCC. The van der Waals surface area contributed by atoms with Crippen LogP contribution >= 0.6 is 0 Å². The summed E-state index contributed by atoms with van der Waals surface area (Å²) in [7, 11) is 0. The second kappa shape index (κ2) is 33.0. The lowest BCUT2D eigenvalue weighted by Crippen LogP contribution is -2.60. The Balaban J connectivity index is 2.55. The van der Waals surface area contributed by atoms with Crippen LogP contribution in [0.3, 0.4) is 0 Å². The molecule has 0 aromatic heterocycles. The molecule has 1 fully saturated rings. The first-order valence-corrected chi connectivity index (χ1v) is 19.8. The summed E-state index contributed by atoms with van der Waals surface area (Å²) < 4.78 is 11.1. The third kappa shape index (κ3) is 23.8. The van der Waals surface area contributed by atoms with Gasteiger partial charge >= 0.3 is 0 Å². The minimum Gasteiger partial charge on any atom is -0.394 e. The van der Waals surface area contributed by atoms with E-state index in [9.17, 15) is 30.3 Å². The molecule has 9 nitrogen and oxygen atoms in total. The number of hydrogen-bond acceptors (Lipinski definition) is 8. The van der Waals surface area contributed by atoms with Crippen molar-refractivity contribution in [1.29, 1.82) is 0 Å². The number of carbonyl (C=O) groups excluding carboxylic acids is 1. The average Bonchev–Trinajstić information content (AvgIpc) is 3.14. The molecule has 0 aliphatic carbocycles. The molecule has 6 N–H and O–H groups in total. The van der Waals surface area contributed by atoms with Crippen molar-refractivity contribution in [3.8, 4) is 0 Å². The van der Waals surface area contributed by atoms with Crippen molar-refractivity contribution >= 4 is 5.91 Å². The van der Waals surface area contributed by atoms with Gasteiger partial charge in [-0.1, -0.05) is 131 Å². The molecule has 1 aliphatic heterocycles. The number of ether oxygens (including phenoxy) is 2. The number of rotatable bonds is 30. The summed E-state index contributed by atoms with van der Waals surface area (Å²) in [5.74, 6) is -0.277. The highest BCUT2D eigenvalue weighted by molar-refractivity contribution is 5.76. The summed E-state index contributed by atoms with van der Waals surface area (Å²) in [6.45, 7) is 3.54. The summed E-state index contributed by atoms with van der Waals surface area (Å²) in [5.41, 5.74) is 0. The van der Waals surface area contributed by atoms with E-state index in [1.54, 1.807) is 6.08 Å². The van der Waals surface area contributed by atoms with E-state index in [1.165, 1.54) is 38.5 Å². The average molecular weight is 730 g/mol. The quantitative estimate of drug-likeness (QED) is 0.0336. The topological polar surface area (TPSA) is 149 Å². The van der Waals surface area contributed by atoms with Crippen LogP contribution in [-0.2, 0) is 14.3 Å². The van der Waals surface area contributed by atoms with Crippen molar-refractivity contribution in [3.63, 3.8) is 0 Å². The molecule has 1 rings (SSSR count). The summed E-state index contributed by atoms with van der Waals surface area (Å²) in [6.07, 6.45) is 37.8. The molecule has 296 valence electrons. The zero-order chi connectivity index (χ0) is 38.1. The molecular weight excluding hydrogens is 658 g/mol. The Bertz CT molecular complexity index is 1080. The van der Waals surface area contributed by atoms with Gasteiger partial charge in [0.25, 0.3) is 0 Å². The number of hydrogen-bond donors (Lipinski definition) is 6. The lowest BCUT2D eigenvalue weighted by Gasteiger charge is -2.40. The van der Waals surface area contributed by atoms with Crippen molar-refractivity contribution in [2.75, 3.05) is 13.2 Å². The Morgan fingerprint density at radius 2 is 1.21 bits per heavy atom. The monoisotopic (exact) mass is 730 g/mol. The smallest absolute Gasteiger partial charge is 0.220 e. The Labute approximate surface area is 314 Å². The zero-order valence-corrected chi connectivity index (χ0v) is 32.0. The van der Waals surface area contributed by atoms with Gasteiger partial charge in [-0.3, -0.25) is 4.79 Å². The van der Waals surface area contributed by atoms with Gasteiger partial charge in [-0.15, -0.1) is 0 Å². The van der Waals surface area contributed by atoms with E-state index in [-0.39, 0.29) is 18.9 Å². The fourth-order valence-electron chi connectivity index (χ4n) is 5.49. The van der Waals surface area contributed by atoms with Crippen LogP contribution in [0, 0.1) is 0 Å². The molecule has 0 saturated carbocycles. The minimum absolute atomic E-state index is 0.209. The first kappa shape index (κ1) is 47.4. The molecule has 1 heterocycles. The van der Waals surface area contributed by atoms with E-state index < -0.39 is 49.5 Å². The molecule has 1 amide bonds. The third-order valence-corrected chi connectivity index (χ3v) is 8.70. The second-order valence-electron chi connectivity index (χ2n) is 13.3. The van der Waals surface area contributed by atoms with Crippen molar-refractivity contribution in [2.24, 2.45) is 0 Å². The predicted molar refractivity (Wildman–Crippen MR) is 211 cm³/mol. The van der Waals surface area contributed by atoms with E-state index in [0.717, 1.165) is 51.4 Å². The number of aliphatic hydroxyl groups is 5. The number of amides is 1. The number of nitrogens with one attached hydrogen (secondary N) is 1. The van der Waals surface area contributed by atoms with Crippen molar-refractivity contribution in [2.45, 2.75) is 166 Å². The van der Waals surface area contributed by atoms with Crippen LogP contribution in [-0.4, -0.2) is 87.5 Å². The Kier molecular flexibility index (Phi) is 30.1. The fourth-order valence-corrected chi connectivity index (χ4v) is 5.49. The maximum Gasteiger partial charge on any atom is 0.220 e. The van der Waals surface area contributed by atoms with Crippen molar-refractivity contribution in [1.82, 2.24) is 5.32 Å².